The molecule has 0 aliphatic carbocycles. The molecule has 1 aromatic carbocycles. The second-order valence-electron chi connectivity index (χ2n) is 4.17. The summed E-state index contributed by atoms with van der Waals surface area (Å²) in [6, 6.07) is 4.84. The summed E-state index contributed by atoms with van der Waals surface area (Å²) in [7, 11) is 3.73. The molecule has 0 radical (unpaired) electrons. The van der Waals surface area contributed by atoms with Crippen molar-refractivity contribution < 1.29 is 4.74 Å². The maximum Gasteiger partial charge on any atom is 0.125 e. The highest BCUT2D eigenvalue weighted by Crippen LogP contribution is 2.26. The molecule has 2 nitrogen and oxygen atoms in total. The summed E-state index contributed by atoms with van der Waals surface area (Å²) in [6.45, 7) is 6.40. The second kappa shape index (κ2) is 5.17. The Labute approximate surface area is 92.6 Å². The minimum atomic E-state index is 0.472. The lowest BCUT2D eigenvalue weighted by molar-refractivity contribution is 0.404. The van der Waals surface area contributed by atoms with Crippen LogP contribution >= 0.6 is 0 Å². The second-order valence-corrected chi connectivity index (χ2v) is 4.17. The van der Waals surface area contributed by atoms with E-state index in [2.05, 4.69) is 38.2 Å². The lowest BCUT2D eigenvalue weighted by Gasteiger charge is -2.16. The molecule has 2 heteroatoms. The molecule has 0 spiro atoms. The zero-order chi connectivity index (χ0) is 11.4. The highest BCUT2D eigenvalue weighted by Gasteiger charge is 2.09. The maximum absolute atomic E-state index is 5.45. The molecule has 1 unspecified atom stereocenters. The van der Waals surface area contributed by atoms with Crippen LogP contribution in [0.2, 0.25) is 0 Å². The van der Waals surface area contributed by atoms with Crippen molar-refractivity contribution in [3.05, 3.63) is 28.8 Å². The Morgan fingerprint density at radius 2 is 2.00 bits per heavy atom. The van der Waals surface area contributed by atoms with Gasteiger partial charge in [-0.2, -0.15) is 0 Å². The normalized spacial score (nSPS) is 12.6. The number of benzene rings is 1. The van der Waals surface area contributed by atoms with E-state index >= 15 is 0 Å². The van der Waals surface area contributed by atoms with E-state index in [1.165, 1.54) is 16.7 Å². The predicted molar refractivity (Wildman–Crippen MR) is 64.7 cm³/mol. The summed E-state index contributed by atoms with van der Waals surface area (Å²) in [5, 5.41) is 3.25. The van der Waals surface area contributed by atoms with Crippen LogP contribution in [0.15, 0.2) is 12.1 Å². The van der Waals surface area contributed by atoms with Gasteiger partial charge >= 0.3 is 0 Å². The highest BCUT2D eigenvalue weighted by molar-refractivity contribution is 5.44. The molecule has 1 atom stereocenters. The third-order valence-electron chi connectivity index (χ3n) is 2.72. The average Bonchev–Trinajstić information content (AvgIpc) is 2.17. The van der Waals surface area contributed by atoms with Crippen LogP contribution in [0.3, 0.4) is 0 Å². The van der Waals surface area contributed by atoms with Crippen molar-refractivity contribution in [3.63, 3.8) is 0 Å². The number of likely N-dealkylation sites (N-methyl/N-ethyl adjacent to an activating group) is 1. The lowest BCUT2D eigenvalue weighted by atomic mass is 10.0. The highest BCUT2D eigenvalue weighted by atomic mass is 16.5. The van der Waals surface area contributed by atoms with Gasteiger partial charge in [0.15, 0.2) is 0 Å². The summed E-state index contributed by atoms with van der Waals surface area (Å²) in [5.74, 6) is 1.03. The van der Waals surface area contributed by atoms with Gasteiger partial charge in [-0.3, -0.25) is 0 Å². The summed E-state index contributed by atoms with van der Waals surface area (Å²) in [6.07, 6.45) is 1.00. The first-order valence-corrected chi connectivity index (χ1v) is 5.39. The Bertz CT molecular complexity index is 334. The molecular weight excluding hydrogens is 186 g/mol. The van der Waals surface area contributed by atoms with Crippen LogP contribution in [-0.2, 0) is 6.42 Å². The molecule has 0 bridgehead atoms. The van der Waals surface area contributed by atoms with Gasteiger partial charge in [0.05, 0.1) is 7.11 Å². The van der Waals surface area contributed by atoms with Crippen molar-refractivity contribution in [1.82, 2.24) is 5.32 Å². The van der Waals surface area contributed by atoms with Gasteiger partial charge in [0.2, 0.25) is 0 Å². The largest absolute Gasteiger partial charge is 0.496 e. The van der Waals surface area contributed by atoms with Gasteiger partial charge in [-0.1, -0.05) is 17.7 Å². The topological polar surface area (TPSA) is 21.3 Å². The first-order chi connectivity index (χ1) is 7.08. The third-order valence-corrected chi connectivity index (χ3v) is 2.72. The smallest absolute Gasteiger partial charge is 0.125 e. The summed E-state index contributed by atoms with van der Waals surface area (Å²) in [4.78, 5) is 0. The zero-order valence-corrected chi connectivity index (χ0v) is 10.3. The molecule has 0 fully saturated rings. The number of hydrogen-bond donors (Lipinski definition) is 1. The Morgan fingerprint density at radius 1 is 1.33 bits per heavy atom. The fraction of sp³-hybridized carbons (Fsp3) is 0.538. The van der Waals surface area contributed by atoms with E-state index in [4.69, 9.17) is 4.74 Å². The maximum atomic E-state index is 5.45. The molecule has 0 aliphatic heterocycles. The van der Waals surface area contributed by atoms with E-state index < -0.39 is 0 Å². The molecule has 0 aliphatic rings. The predicted octanol–water partition coefficient (Wildman–Crippen LogP) is 2.46. The number of aryl methyl sites for hydroxylation is 2. The fourth-order valence-corrected chi connectivity index (χ4v) is 1.92. The van der Waals surface area contributed by atoms with E-state index in [0.717, 1.165) is 12.2 Å². The molecule has 1 N–H and O–H groups in total. The lowest BCUT2D eigenvalue weighted by Crippen LogP contribution is -2.23. The minimum Gasteiger partial charge on any atom is -0.496 e. The van der Waals surface area contributed by atoms with Gasteiger partial charge in [0, 0.05) is 6.04 Å². The van der Waals surface area contributed by atoms with Crippen LogP contribution in [0, 0.1) is 13.8 Å². The van der Waals surface area contributed by atoms with Crippen molar-refractivity contribution >= 4 is 0 Å². The first-order valence-electron chi connectivity index (χ1n) is 5.39. The molecule has 84 valence electrons. The van der Waals surface area contributed by atoms with E-state index in [-0.39, 0.29) is 0 Å². The van der Waals surface area contributed by atoms with Crippen LogP contribution in [0.5, 0.6) is 5.75 Å². The summed E-state index contributed by atoms with van der Waals surface area (Å²) >= 11 is 0. The SMILES string of the molecule is CNC(C)Cc1cc(C)cc(C)c1OC. The number of methoxy groups -OCH3 is 1. The number of ether oxygens (including phenoxy) is 1. The van der Waals surface area contributed by atoms with Gasteiger partial charge < -0.3 is 10.1 Å². The zero-order valence-electron chi connectivity index (χ0n) is 10.3. The number of nitrogens with one attached hydrogen (secondary N) is 1. The van der Waals surface area contributed by atoms with Crippen LogP contribution < -0.4 is 10.1 Å². The molecule has 0 saturated carbocycles. The fourth-order valence-electron chi connectivity index (χ4n) is 1.92. The molecule has 1 rings (SSSR count). The van der Waals surface area contributed by atoms with Gasteiger partial charge in [0.25, 0.3) is 0 Å². The first kappa shape index (κ1) is 12.1. The van der Waals surface area contributed by atoms with E-state index in [1.807, 2.05) is 7.05 Å². The van der Waals surface area contributed by atoms with Crippen molar-refractivity contribution in [1.29, 1.82) is 0 Å². The number of hydrogen-bond acceptors (Lipinski definition) is 2. The summed E-state index contributed by atoms with van der Waals surface area (Å²) < 4.78 is 5.45. The van der Waals surface area contributed by atoms with Crippen LogP contribution in [0.4, 0.5) is 0 Å². The van der Waals surface area contributed by atoms with Crippen molar-refractivity contribution in [2.75, 3.05) is 14.2 Å². The Morgan fingerprint density at radius 3 is 2.53 bits per heavy atom. The van der Waals surface area contributed by atoms with Crippen molar-refractivity contribution in [2.45, 2.75) is 33.2 Å². The Balaban J connectivity index is 3.03. The van der Waals surface area contributed by atoms with Gasteiger partial charge in [-0.15, -0.1) is 0 Å². The van der Waals surface area contributed by atoms with Gasteiger partial charge in [-0.25, -0.2) is 0 Å². The molecule has 0 heterocycles. The molecule has 1 aromatic rings. The third kappa shape index (κ3) is 2.96. The molecular formula is C13H21NO. The van der Waals surface area contributed by atoms with Crippen molar-refractivity contribution in [3.8, 4) is 5.75 Å². The quantitative estimate of drug-likeness (QED) is 0.819. The van der Waals surface area contributed by atoms with Crippen LogP contribution in [0.1, 0.15) is 23.6 Å². The Kier molecular flexibility index (Phi) is 4.15. The molecule has 0 aromatic heterocycles. The van der Waals surface area contributed by atoms with Crippen LogP contribution in [0.25, 0.3) is 0 Å². The summed E-state index contributed by atoms with van der Waals surface area (Å²) in [5.41, 5.74) is 3.80. The Hall–Kier alpha value is -1.02. The minimum absolute atomic E-state index is 0.472. The molecule has 0 saturated heterocycles. The van der Waals surface area contributed by atoms with Crippen molar-refractivity contribution in [2.24, 2.45) is 0 Å². The van der Waals surface area contributed by atoms with E-state index in [9.17, 15) is 0 Å². The van der Waals surface area contributed by atoms with Gasteiger partial charge in [0.1, 0.15) is 5.75 Å². The van der Waals surface area contributed by atoms with Crippen LogP contribution in [-0.4, -0.2) is 20.2 Å². The molecule has 0 amide bonds. The standard InChI is InChI=1S/C13H21NO/c1-9-6-10(2)13(15-5)12(7-9)8-11(3)14-4/h6-7,11,14H,8H2,1-5H3. The molecule has 15 heavy (non-hydrogen) atoms. The monoisotopic (exact) mass is 207 g/mol. The average molecular weight is 207 g/mol. The van der Waals surface area contributed by atoms with E-state index in [1.54, 1.807) is 7.11 Å². The number of rotatable bonds is 4. The van der Waals surface area contributed by atoms with Gasteiger partial charge in [-0.05, 0) is 45.4 Å². The van der Waals surface area contributed by atoms with E-state index in [0.29, 0.717) is 6.04 Å².